The molecule has 0 spiro atoms. The molecule has 3 heteroatoms. The van der Waals surface area contributed by atoms with Crippen molar-refractivity contribution in [3.8, 4) is 0 Å². The van der Waals surface area contributed by atoms with Crippen molar-refractivity contribution in [1.82, 2.24) is 5.32 Å². The number of rotatable bonds is 13. The lowest BCUT2D eigenvalue weighted by molar-refractivity contribution is 0.555. The van der Waals surface area contributed by atoms with Crippen LogP contribution < -0.4 is 10.6 Å². The van der Waals surface area contributed by atoms with Gasteiger partial charge in [0.1, 0.15) is 0 Å². The highest BCUT2D eigenvalue weighted by Gasteiger charge is 1.98. The lowest BCUT2D eigenvalue weighted by atomic mass is 10.1. The third-order valence-corrected chi connectivity index (χ3v) is 4.68. The molecule has 2 N–H and O–H groups in total. The van der Waals surface area contributed by atoms with Gasteiger partial charge in [0.15, 0.2) is 5.11 Å². The average Bonchev–Trinajstić information content (AvgIpc) is 2.60. The summed E-state index contributed by atoms with van der Waals surface area (Å²) in [6, 6.07) is 8.47. The lowest BCUT2D eigenvalue weighted by Gasteiger charge is -2.11. The number of nitrogens with one attached hydrogen (secondary N) is 2. The Bertz CT molecular complexity index is 428. The SMILES string of the molecule is CCCCCCCCCCCCNC(=S)Nc1ccc(CC)cc1. The first kappa shape index (κ1) is 21.0. The molecule has 1 aromatic carbocycles. The summed E-state index contributed by atoms with van der Waals surface area (Å²) in [6.07, 6.45) is 14.7. The summed E-state index contributed by atoms with van der Waals surface area (Å²) >= 11 is 5.35. The topological polar surface area (TPSA) is 24.1 Å². The van der Waals surface area contributed by atoms with Crippen LogP contribution in [0, 0.1) is 0 Å². The zero-order valence-electron chi connectivity index (χ0n) is 15.7. The van der Waals surface area contributed by atoms with Crippen molar-refractivity contribution in [1.29, 1.82) is 0 Å². The molecule has 0 aromatic heterocycles. The third-order valence-electron chi connectivity index (χ3n) is 4.44. The van der Waals surface area contributed by atoms with Crippen LogP contribution in [0.2, 0.25) is 0 Å². The molecule has 0 atom stereocenters. The van der Waals surface area contributed by atoms with Crippen LogP contribution in [0.1, 0.15) is 83.6 Å². The summed E-state index contributed by atoms with van der Waals surface area (Å²) < 4.78 is 0. The molecule has 0 amide bonds. The Morgan fingerprint density at radius 3 is 1.88 bits per heavy atom. The van der Waals surface area contributed by atoms with Crippen molar-refractivity contribution in [2.45, 2.75) is 84.5 Å². The molecule has 0 fully saturated rings. The number of thiocarbonyl (C=S) groups is 1. The number of hydrogen-bond donors (Lipinski definition) is 2. The van der Waals surface area contributed by atoms with E-state index in [0.29, 0.717) is 0 Å². The maximum absolute atomic E-state index is 5.35. The van der Waals surface area contributed by atoms with Gasteiger partial charge in [0.05, 0.1) is 0 Å². The molecule has 1 aromatic rings. The quantitative estimate of drug-likeness (QED) is 0.316. The van der Waals surface area contributed by atoms with Gasteiger partial charge in [0.2, 0.25) is 0 Å². The lowest BCUT2D eigenvalue weighted by Crippen LogP contribution is -2.29. The summed E-state index contributed by atoms with van der Waals surface area (Å²) in [4.78, 5) is 0. The van der Waals surface area contributed by atoms with Crippen LogP contribution in [0.15, 0.2) is 24.3 Å². The van der Waals surface area contributed by atoms with E-state index in [0.717, 1.165) is 23.8 Å². The van der Waals surface area contributed by atoms with Crippen LogP contribution in [0.4, 0.5) is 5.69 Å². The molecular formula is C21H36N2S. The minimum absolute atomic E-state index is 0.732. The van der Waals surface area contributed by atoms with E-state index in [2.05, 4.69) is 48.7 Å². The Kier molecular flexibility index (Phi) is 12.5. The van der Waals surface area contributed by atoms with E-state index in [9.17, 15) is 0 Å². The van der Waals surface area contributed by atoms with Gasteiger partial charge in [0.25, 0.3) is 0 Å². The average molecular weight is 349 g/mol. The van der Waals surface area contributed by atoms with Crippen molar-refractivity contribution < 1.29 is 0 Å². The first-order valence-electron chi connectivity index (χ1n) is 9.90. The van der Waals surface area contributed by atoms with E-state index in [4.69, 9.17) is 12.2 Å². The highest BCUT2D eigenvalue weighted by atomic mass is 32.1. The Hall–Kier alpha value is -1.09. The first-order valence-corrected chi connectivity index (χ1v) is 10.3. The molecule has 0 aliphatic carbocycles. The molecule has 0 aliphatic heterocycles. The predicted octanol–water partition coefficient (Wildman–Crippen LogP) is 6.46. The molecule has 136 valence electrons. The molecule has 0 heterocycles. The largest absolute Gasteiger partial charge is 0.362 e. The van der Waals surface area contributed by atoms with Crippen molar-refractivity contribution >= 4 is 23.0 Å². The summed E-state index contributed by atoms with van der Waals surface area (Å²) in [5.41, 5.74) is 2.41. The van der Waals surface area contributed by atoms with Crippen LogP contribution in [0.3, 0.4) is 0 Å². The molecule has 2 nitrogen and oxygen atoms in total. The Morgan fingerprint density at radius 1 is 0.792 bits per heavy atom. The summed E-state index contributed by atoms with van der Waals surface area (Å²) in [7, 11) is 0. The van der Waals surface area contributed by atoms with Gasteiger partial charge in [-0.1, -0.05) is 83.8 Å². The van der Waals surface area contributed by atoms with Gasteiger partial charge in [0, 0.05) is 12.2 Å². The number of hydrogen-bond acceptors (Lipinski definition) is 1. The smallest absolute Gasteiger partial charge is 0.170 e. The van der Waals surface area contributed by atoms with Gasteiger partial charge in [-0.25, -0.2) is 0 Å². The minimum atomic E-state index is 0.732. The van der Waals surface area contributed by atoms with E-state index in [1.165, 1.54) is 69.8 Å². The van der Waals surface area contributed by atoms with E-state index in [-0.39, 0.29) is 0 Å². The van der Waals surface area contributed by atoms with Crippen LogP contribution in [-0.2, 0) is 6.42 Å². The van der Waals surface area contributed by atoms with Crippen LogP contribution in [-0.4, -0.2) is 11.7 Å². The van der Waals surface area contributed by atoms with Gasteiger partial charge >= 0.3 is 0 Å². The molecule has 0 aliphatic rings. The molecule has 0 saturated heterocycles. The third kappa shape index (κ3) is 10.6. The van der Waals surface area contributed by atoms with Crippen LogP contribution in [0.5, 0.6) is 0 Å². The predicted molar refractivity (Wildman–Crippen MR) is 112 cm³/mol. The fourth-order valence-electron chi connectivity index (χ4n) is 2.81. The summed E-state index contributed by atoms with van der Waals surface area (Å²) in [5, 5.41) is 7.29. The zero-order chi connectivity index (χ0) is 17.5. The molecule has 24 heavy (non-hydrogen) atoms. The van der Waals surface area contributed by atoms with Gasteiger partial charge < -0.3 is 10.6 Å². The van der Waals surface area contributed by atoms with Gasteiger partial charge in [-0.15, -0.1) is 0 Å². The summed E-state index contributed by atoms with van der Waals surface area (Å²) in [5.74, 6) is 0. The second-order valence-corrected chi connectivity index (χ2v) is 7.02. The number of aryl methyl sites for hydroxylation is 1. The van der Waals surface area contributed by atoms with Crippen molar-refractivity contribution in [2.75, 3.05) is 11.9 Å². The first-order chi connectivity index (χ1) is 11.8. The van der Waals surface area contributed by atoms with Crippen molar-refractivity contribution in [3.63, 3.8) is 0 Å². The van der Waals surface area contributed by atoms with Gasteiger partial charge in [-0.3, -0.25) is 0 Å². The maximum Gasteiger partial charge on any atom is 0.170 e. The molecular weight excluding hydrogens is 312 g/mol. The number of unbranched alkanes of at least 4 members (excludes halogenated alkanes) is 9. The fraction of sp³-hybridized carbons (Fsp3) is 0.667. The minimum Gasteiger partial charge on any atom is -0.362 e. The van der Waals surface area contributed by atoms with E-state index < -0.39 is 0 Å². The molecule has 0 unspecified atom stereocenters. The Balaban J connectivity index is 1.94. The van der Waals surface area contributed by atoms with Crippen molar-refractivity contribution in [2.24, 2.45) is 0 Å². The van der Waals surface area contributed by atoms with E-state index in [1.807, 2.05) is 0 Å². The Morgan fingerprint density at radius 2 is 1.33 bits per heavy atom. The molecule has 0 saturated carbocycles. The number of benzene rings is 1. The monoisotopic (exact) mass is 348 g/mol. The normalized spacial score (nSPS) is 10.6. The highest BCUT2D eigenvalue weighted by Crippen LogP contribution is 2.11. The molecule has 1 rings (SSSR count). The second-order valence-electron chi connectivity index (χ2n) is 6.61. The standard InChI is InChI=1S/C21H36N2S/c1-3-5-6-7-8-9-10-11-12-13-18-22-21(24)23-20-16-14-19(4-2)15-17-20/h14-17H,3-13,18H2,1-2H3,(H2,22,23,24). The fourth-order valence-corrected chi connectivity index (χ4v) is 3.03. The van der Waals surface area contributed by atoms with Crippen LogP contribution >= 0.6 is 12.2 Å². The van der Waals surface area contributed by atoms with Crippen molar-refractivity contribution in [3.05, 3.63) is 29.8 Å². The van der Waals surface area contributed by atoms with Gasteiger partial charge in [-0.05, 0) is 42.8 Å². The van der Waals surface area contributed by atoms with E-state index >= 15 is 0 Å². The molecule has 0 radical (unpaired) electrons. The second kappa shape index (κ2) is 14.3. The highest BCUT2D eigenvalue weighted by molar-refractivity contribution is 7.80. The van der Waals surface area contributed by atoms with Crippen LogP contribution in [0.25, 0.3) is 0 Å². The number of anilines is 1. The summed E-state index contributed by atoms with van der Waals surface area (Å²) in [6.45, 7) is 5.41. The zero-order valence-corrected chi connectivity index (χ0v) is 16.5. The Labute approximate surface area is 154 Å². The maximum atomic E-state index is 5.35. The van der Waals surface area contributed by atoms with E-state index in [1.54, 1.807) is 0 Å². The molecule has 0 bridgehead atoms. The van der Waals surface area contributed by atoms with Gasteiger partial charge in [-0.2, -0.15) is 0 Å².